The Bertz CT molecular complexity index is 1180. The monoisotopic (exact) mass is 461 g/mol. The second-order valence-electron chi connectivity index (χ2n) is 7.95. The van der Waals surface area contributed by atoms with E-state index in [1.807, 2.05) is 42.0 Å². The summed E-state index contributed by atoms with van der Waals surface area (Å²) in [6.45, 7) is 3.58. The van der Waals surface area contributed by atoms with Crippen molar-refractivity contribution in [2.24, 2.45) is 0 Å². The maximum atomic E-state index is 13.2. The first kappa shape index (κ1) is 23.1. The van der Waals surface area contributed by atoms with Crippen molar-refractivity contribution in [1.29, 1.82) is 0 Å². The molecule has 1 N–H and O–H groups in total. The Kier molecular flexibility index (Phi) is 7.27. The first-order valence-corrected chi connectivity index (χ1v) is 11.3. The molecule has 1 amide bonds. The zero-order valence-electron chi connectivity index (χ0n) is 19.0. The third kappa shape index (κ3) is 5.11. The van der Waals surface area contributed by atoms with Crippen molar-refractivity contribution in [2.75, 3.05) is 13.2 Å². The van der Waals surface area contributed by atoms with Gasteiger partial charge in [-0.05, 0) is 54.8 Å². The molecule has 0 saturated heterocycles. The Morgan fingerprint density at radius 3 is 2.88 bits per heavy atom. The summed E-state index contributed by atoms with van der Waals surface area (Å²) in [5, 5.41) is 10.7. The van der Waals surface area contributed by atoms with E-state index in [0.717, 1.165) is 6.42 Å². The Hall–Kier alpha value is -4.07. The summed E-state index contributed by atoms with van der Waals surface area (Å²) >= 11 is 0. The highest BCUT2D eigenvalue weighted by atomic mass is 16.5. The van der Waals surface area contributed by atoms with Crippen LogP contribution in [0.25, 0.3) is 6.08 Å². The van der Waals surface area contributed by atoms with E-state index in [1.165, 1.54) is 18.4 Å². The lowest BCUT2D eigenvalue weighted by atomic mass is 9.95. The highest BCUT2D eigenvalue weighted by Gasteiger charge is 2.42. The summed E-state index contributed by atoms with van der Waals surface area (Å²) in [5.74, 6) is -0.396. The first-order valence-electron chi connectivity index (χ1n) is 11.3. The number of carbonyl (C=O) groups is 2. The van der Waals surface area contributed by atoms with Crippen LogP contribution in [0.5, 0.6) is 5.75 Å². The fourth-order valence-electron chi connectivity index (χ4n) is 3.95. The van der Waals surface area contributed by atoms with Crippen LogP contribution in [0.4, 0.5) is 0 Å². The number of ether oxygens (including phenoxy) is 1. The van der Waals surface area contributed by atoms with Gasteiger partial charge in [0, 0.05) is 25.5 Å². The lowest BCUT2D eigenvalue weighted by Gasteiger charge is -2.27. The number of aryl methyl sites for hydroxylation is 1. The molecule has 1 aliphatic heterocycles. The predicted octanol–water partition coefficient (Wildman–Crippen LogP) is 4.33. The number of aromatic nitrogens is 2. The molecule has 1 aromatic carbocycles. The minimum Gasteiger partial charge on any atom is -0.503 e. The number of aliphatic hydroxyl groups is 1. The van der Waals surface area contributed by atoms with Gasteiger partial charge in [0.15, 0.2) is 11.5 Å². The van der Waals surface area contributed by atoms with Crippen molar-refractivity contribution in [3.05, 3.63) is 90.1 Å². The van der Waals surface area contributed by atoms with Crippen molar-refractivity contribution in [1.82, 2.24) is 14.5 Å². The van der Waals surface area contributed by atoms with Gasteiger partial charge in [-0.3, -0.25) is 9.59 Å². The van der Waals surface area contributed by atoms with Crippen molar-refractivity contribution < 1.29 is 23.8 Å². The number of rotatable bonds is 11. The van der Waals surface area contributed by atoms with Crippen LogP contribution in [0.2, 0.25) is 0 Å². The van der Waals surface area contributed by atoms with Crippen LogP contribution in [-0.4, -0.2) is 44.4 Å². The second-order valence-corrected chi connectivity index (χ2v) is 7.95. The summed E-state index contributed by atoms with van der Waals surface area (Å²) in [7, 11) is 0. The molecule has 8 heteroatoms. The van der Waals surface area contributed by atoms with Gasteiger partial charge in [-0.2, -0.15) is 0 Å². The third-order valence-corrected chi connectivity index (χ3v) is 5.53. The predicted molar refractivity (Wildman–Crippen MR) is 126 cm³/mol. The van der Waals surface area contributed by atoms with Crippen molar-refractivity contribution >= 4 is 17.8 Å². The van der Waals surface area contributed by atoms with Crippen molar-refractivity contribution in [3.63, 3.8) is 0 Å². The molecule has 8 nitrogen and oxygen atoms in total. The minimum atomic E-state index is -0.728. The summed E-state index contributed by atoms with van der Waals surface area (Å²) in [4.78, 5) is 31.8. The molecule has 3 heterocycles. The van der Waals surface area contributed by atoms with Gasteiger partial charge in [-0.15, -0.1) is 0 Å². The van der Waals surface area contributed by atoms with E-state index in [-0.39, 0.29) is 5.57 Å². The van der Waals surface area contributed by atoms with Crippen LogP contribution < -0.4 is 4.74 Å². The standard InChI is InChI=1S/C26H27N3O5/c1-2-15-33-21-7-3-6-19(17-21)24-23(22(30)10-9-20-8-4-16-34-20)25(31)26(32)29(24)13-5-12-28-14-11-27-18-28/h3-4,6-11,14,16-18,24,31H,2,5,12-13,15H2,1H3/b10-9+. The summed E-state index contributed by atoms with van der Waals surface area (Å²) < 4.78 is 12.9. The Labute approximate surface area is 197 Å². The van der Waals surface area contributed by atoms with Crippen LogP contribution in [0.15, 0.2) is 83.2 Å². The largest absolute Gasteiger partial charge is 0.503 e. The number of furan rings is 1. The number of carbonyl (C=O) groups excluding carboxylic acids is 2. The quantitative estimate of drug-likeness (QED) is 0.427. The average molecular weight is 462 g/mol. The molecular weight excluding hydrogens is 434 g/mol. The second kappa shape index (κ2) is 10.7. The molecular formula is C26H27N3O5. The van der Waals surface area contributed by atoms with Gasteiger partial charge in [0.25, 0.3) is 5.91 Å². The maximum absolute atomic E-state index is 13.2. The molecule has 0 bridgehead atoms. The van der Waals surface area contributed by atoms with Crippen molar-refractivity contribution in [2.45, 2.75) is 32.4 Å². The normalized spacial score (nSPS) is 16.1. The van der Waals surface area contributed by atoms with Crippen LogP contribution in [0.3, 0.4) is 0 Å². The molecule has 2 aromatic heterocycles. The van der Waals surface area contributed by atoms with Gasteiger partial charge in [-0.25, -0.2) is 4.98 Å². The number of amides is 1. The van der Waals surface area contributed by atoms with E-state index < -0.39 is 23.5 Å². The van der Waals surface area contributed by atoms with Crippen LogP contribution in [0.1, 0.15) is 37.1 Å². The molecule has 0 radical (unpaired) electrons. The number of aliphatic hydroxyl groups excluding tert-OH is 1. The van der Waals surface area contributed by atoms with Crippen LogP contribution >= 0.6 is 0 Å². The minimum absolute atomic E-state index is 0.0445. The van der Waals surface area contributed by atoms with Gasteiger partial charge >= 0.3 is 0 Å². The first-order chi connectivity index (χ1) is 16.6. The summed E-state index contributed by atoms with van der Waals surface area (Å²) in [6, 6.07) is 10.0. The summed E-state index contributed by atoms with van der Waals surface area (Å²) in [5.41, 5.74) is 0.742. The van der Waals surface area contributed by atoms with Gasteiger partial charge in [0.2, 0.25) is 0 Å². The molecule has 1 unspecified atom stereocenters. The highest BCUT2D eigenvalue weighted by Crippen LogP contribution is 2.39. The number of imidazole rings is 1. The molecule has 1 atom stereocenters. The van der Waals surface area contributed by atoms with Crippen LogP contribution in [0, 0.1) is 0 Å². The zero-order valence-corrected chi connectivity index (χ0v) is 19.0. The molecule has 0 spiro atoms. The average Bonchev–Trinajstić information content (AvgIpc) is 3.60. The fraction of sp³-hybridized carbons (Fsp3) is 0.269. The number of nitrogens with zero attached hydrogens (tertiary/aromatic N) is 3. The number of allylic oxidation sites excluding steroid dienone is 1. The zero-order chi connectivity index (χ0) is 23.9. The molecule has 3 aromatic rings. The Morgan fingerprint density at radius 2 is 2.15 bits per heavy atom. The van der Waals surface area contributed by atoms with Crippen molar-refractivity contribution in [3.8, 4) is 5.75 Å². The number of hydrogen-bond donors (Lipinski definition) is 1. The fourth-order valence-corrected chi connectivity index (χ4v) is 3.95. The molecule has 1 aliphatic rings. The van der Waals surface area contributed by atoms with E-state index in [9.17, 15) is 14.7 Å². The van der Waals surface area contributed by atoms with Gasteiger partial charge < -0.3 is 23.7 Å². The molecule has 176 valence electrons. The molecule has 0 fully saturated rings. The number of ketones is 1. The third-order valence-electron chi connectivity index (χ3n) is 5.53. The molecule has 0 aliphatic carbocycles. The molecule has 4 rings (SSSR count). The number of benzene rings is 1. The van der Waals surface area contributed by atoms with E-state index >= 15 is 0 Å². The van der Waals surface area contributed by atoms with Crippen LogP contribution in [-0.2, 0) is 16.1 Å². The van der Waals surface area contributed by atoms with E-state index in [1.54, 1.807) is 29.6 Å². The van der Waals surface area contributed by atoms with Gasteiger partial charge in [-0.1, -0.05) is 19.1 Å². The van der Waals surface area contributed by atoms with E-state index in [4.69, 9.17) is 9.15 Å². The van der Waals surface area contributed by atoms with Gasteiger partial charge in [0.05, 0.1) is 30.8 Å². The Morgan fingerprint density at radius 1 is 1.26 bits per heavy atom. The highest BCUT2D eigenvalue weighted by molar-refractivity contribution is 6.14. The summed E-state index contributed by atoms with van der Waals surface area (Å²) in [6.07, 6.45) is 11.1. The molecule has 34 heavy (non-hydrogen) atoms. The SMILES string of the molecule is CCCOc1cccc(C2C(C(=O)/C=C/c3ccco3)=C(O)C(=O)N2CCCn2ccnc2)c1. The number of hydrogen-bond acceptors (Lipinski definition) is 6. The lowest BCUT2D eigenvalue weighted by Crippen LogP contribution is -2.32. The van der Waals surface area contributed by atoms with Gasteiger partial charge in [0.1, 0.15) is 11.5 Å². The van der Waals surface area contributed by atoms with E-state index in [2.05, 4.69) is 4.98 Å². The topological polar surface area (TPSA) is 97.8 Å². The lowest BCUT2D eigenvalue weighted by molar-refractivity contribution is -0.129. The maximum Gasteiger partial charge on any atom is 0.290 e. The van der Waals surface area contributed by atoms with E-state index in [0.29, 0.717) is 43.2 Å². The smallest absolute Gasteiger partial charge is 0.290 e. The Balaban J connectivity index is 1.63. The molecule has 0 saturated carbocycles.